The number of carbonyl (C=O) groups excluding carboxylic acids is 1. The van der Waals surface area contributed by atoms with Crippen molar-refractivity contribution in [3.63, 3.8) is 0 Å². The number of aromatic amines is 1. The van der Waals surface area contributed by atoms with Gasteiger partial charge in [-0.15, -0.1) is 0 Å². The van der Waals surface area contributed by atoms with Gasteiger partial charge in [-0.3, -0.25) is 14.9 Å². The number of allylic oxidation sites excluding steroid dienone is 1. The first-order chi connectivity index (χ1) is 15.9. The van der Waals surface area contributed by atoms with Crippen molar-refractivity contribution in [3.05, 3.63) is 103 Å². The molecule has 0 saturated heterocycles. The Morgan fingerprint density at radius 1 is 1.18 bits per heavy atom. The highest BCUT2D eigenvalue weighted by Gasteiger charge is 2.36. The molecule has 2 N–H and O–H groups in total. The van der Waals surface area contributed by atoms with Gasteiger partial charge >= 0.3 is 5.97 Å². The van der Waals surface area contributed by atoms with E-state index >= 15 is 0 Å². The van der Waals surface area contributed by atoms with E-state index in [-0.39, 0.29) is 16.8 Å². The number of nitro groups is 1. The Hall–Kier alpha value is -3.92. The third-order valence-corrected chi connectivity index (χ3v) is 6.23. The molecule has 2 aromatic carbocycles. The summed E-state index contributed by atoms with van der Waals surface area (Å²) in [6, 6.07) is 15.5. The predicted molar refractivity (Wildman–Crippen MR) is 124 cm³/mol. The van der Waals surface area contributed by atoms with Crippen LogP contribution >= 0.6 is 11.8 Å². The predicted octanol–water partition coefficient (Wildman–Crippen LogP) is 3.97. The molecule has 0 saturated carbocycles. The number of nitrogens with zero attached hydrogens (tertiary/aromatic N) is 2. The molecule has 0 radical (unpaired) electrons. The molecule has 4 rings (SSSR count). The zero-order valence-corrected chi connectivity index (χ0v) is 18.6. The highest BCUT2D eigenvalue weighted by molar-refractivity contribution is 7.98. The maximum atomic E-state index is 13.2. The van der Waals surface area contributed by atoms with Crippen molar-refractivity contribution < 1.29 is 14.5 Å². The van der Waals surface area contributed by atoms with E-state index < -0.39 is 22.4 Å². The molecular weight excluding hydrogens is 444 g/mol. The third kappa shape index (κ3) is 4.51. The number of ether oxygens (including phenoxy) is 1. The molecule has 33 heavy (non-hydrogen) atoms. The van der Waals surface area contributed by atoms with Crippen molar-refractivity contribution in [2.45, 2.75) is 23.8 Å². The van der Waals surface area contributed by atoms with Crippen LogP contribution in [-0.4, -0.2) is 28.0 Å². The number of hydrogen-bond acceptors (Lipinski definition) is 8. The summed E-state index contributed by atoms with van der Waals surface area (Å²) in [5.74, 6) is -0.436. The van der Waals surface area contributed by atoms with Crippen LogP contribution in [-0.2, 0) is 15.3 Å². The molecule has 0 amide bonds. The maximum Gasteiger partial charge on any atom is 0.336 e. The molecule has 168 valence electrons. The molecule has 0 spiro atoms. The van der Waals surface area contributed by atoms with Crippen LogP contribution in [0, 0.1) is 10.1 Å². The molecule has 1 atom stereocenters. The van der Waals surface area contributed by atoms with E-state index in [9.17, 15) is 19.7 Å². The summed E-state index contributed by atoms with van der Waals surface area (Å²) < 4.78 is 4.96. The van der Waals surface area contributed by atoms with Crippen molar-refractivity contribution in [2.75, 3.05) is 12.4 Å². The summed E-state index contributed by atoms with van der Waals surface area (Å²) in [7, 11) is 1.26. The Bertz CT molecular complexity index is 1300. The maximum absolute atomic E-state index is 13.2. The van der Waals surface area contributed by atoms with Gasteiger partial charge in [0.05, 0.1) is 29.1 Å². The van der Waals surface area contributed by atoms with Crippen LogP contribution in [0.5, 0.6) is 0 Å². The van der Waals surface area contributed by atoms with Gasteiger partial charge in [0.25, 0.3) is 11.2 Å². The van der Waals surface area contributed by atoms with Crippen LogP contribution in [0.4, 0.5) is 11.5 Å². The van der Waals surface area contributed by atoms with E-state index in [2.05, 4.69) is 15.3 Å². The number of aromatic nitrogens is 2. The van der Waals surface area contributed by atoms with Gasteiger partial charge in [-0.25, -0.2) is 9.78 Å². The Labute approximate surface area is 193 Å². The number of benzene rings is 2. The van der Waals surface area contributed by atoms with Gasteiger partial charge in [-0.1, -0.05) is 54.2 Å². The molecular formula is C23H20N4O5S. The normalized spacial score (nSPS) is 14.9. The van der Waals surface area contributed by atoms with E-state index in [1.807, 2.05) is 30.3 Å². The Morgan fingerprint density at radius 2 is 1.88 bits per heavy atom. The molecule has 0 aliphatic carbocycles. The van der Waals surface area contributed by atoms with Gasteiger partial charge in [0, 0.05) is 23.6 Å². The number of carbonyl (C=O) groups is 1. The van der Waals surface area contributed by atoms with Crippen LogP contribution in [0.2, 0.25) is 0 Å². The van der Waals surface area contributed by atoms with E-state index in [1.54, 1.807) is 6.92 Å². The number of fused-ring (bicyclic) bond motifs is 1. The summed E-state index contributed by atoms with van der Waals surface area (Å²) in [4.78, 5) is 43.7. The van der Waals surface area contributed by atoms with Crippen LogP contribution < -0.4 is 10.9 Å². The second-order valence-corrected chi connectivity index (χ2v) is 8.31. The second kappa shape index (κ2) is 9.29. The van der Waals surface area contributed by atoms with Gasteiger partial charge in [0.1, 0.15) is 5.82 Å². The summed E-state index contributed by atoms with van der Waals surface area (Å²) >= 11 is 1.39. The van der Waals surface area contributed by atoms with Crippen molar-refractivity contribution in [2.24, 2.45) is 0 Å². The highest BCUT2D eigenvalue weighted by atomic mass is 32.2. The number of rotatable bonds is 6. The number of non-ortho nitro benzene ring substituents is 1. The van der Waals surface area contributed by atoms with Gasteiger partial charge in [0.2, 0.25) is 0 Å². The molecule has 1 unspecified atom stereocenters. The third-order valence-electron chi connectivity index (χ3n) is 5.28. The Morgan fingerprint density at radius 3 is 2.52 bits per heavy atom. The molecule has 2 heterocycles. The summed E-state index contributed by atoms with van der Waals surface area (Å²) in [6.07, 6.45) is 0. The fourth-order valence-electron chi connectivity index (χ4n) is 3.73. The largest absolute Gasteiger partial charge is 0.466 e. The monoisotopic (exact) mass is 464 g/mol. The van der Waals surface area contributed by atoms with Crippen LogP contribution in [0.25, 0.3) is 0 Å². The summed E-state index contributed by atoms with van der Waals surface area (Å²) in [5, 5.41) is 14.6. The number of nitro benzene ring substituents is 1. The van der Waals surface area contributed by atoms with Gasteiger partial charge in [-0.2, -0.15) is 0 Å². The van der Waals surface area contributed by atoms with E-state index in [0.29, 0.717) is 28.0 Å². The SMILES string of the molecule is COC(=O)C1=C(C)Nc2nc(SCc3ccccc3)[nH]c(=O)c2C1c1ccc([N+](=O)[O-])cc1. The van der Waals surface area contributed by atoms with E-state index in [1.165, 1.54) is 43.1 Å². The number of thioether (sulfide) groups is 1. The lowest BCUT2D eigenvalue weighted by Gasteiger charge is -2.28. The number of hydrogen-bond donors (Lipinski definition) is 2. The lowest BCUT2D eigenvalue weighted by molar-refractivity contribution is -0.384. The first kappa shape index (κ1) is 22.3. The Balaban J connectivity index is 1.77. The minimum absolute atomic E-state index is 0.0899. The van der Waals surface area contributed by atoms with Gasteiger partial charge < -0.3 is 15.0 Å². The van der Waals surface area contributed by atoms with Crippen molar-refractivity contribution in [3.8, 4) is 0 Å². The molecule has 0 fully saturated rings. The fraction of sp³-hybridized carbons (Fsp3) is 0.174. The number of H-pyrrole nitrogens is 1. The lowest BCUT2D eigenvalue weighted by atomic mass is 9.82. The number of nitrogens with one attached hydrogen (secondary N) is 2. The second-order valence-electron chi connectivity index (χ2n) is 7.34. The first-order valence-corrected chi connectivity index (χ1v) is 11.0. The number of esters is 1. The average molecular weight is 465 g/mol. The van der Waals surface area contributed by atoms with Crippen molar-refractivity contribution >= 4 is 29.2 Å². The molecule has 1 aliphatic heterocycles. The summed E-state index contributed by atoms with van der Waals surface area (Å²) in [6.45, 7) is 1.70. The van der Waals surface area contributed by atoms with Gasteiger partial charge in [0.15, 0.2) is 5.16 Å². The molecule has 10 heteroatoms. The van der Waals surface area contributed by atoms with Crippen molar-refractivity contribution in [1.29, 1.82) is 0 Å². The number of methoxy groups -OCH3 is 1. The zero-order chi connectivity index (χ0) is 23.5. The van der Waals surface area contributed by atoms with Crippen LogP contribution in [0.1, 0.15) is 29.5 Å². The van der Waals surface area contributed by atoms with E-state index in [0.717, 1.165) is 5.56 Å². The topological polar surface area (TPSA) is 127 Å². The van der Waals surface area contributed by atoms with Crippen LogP contribution in [0.3, 0.4) is 0 Å². The molecule has 3 aromatic rings. The summed E-state index contributed by atoms with van der Waals surface area (Å²) in [5.41, 5.74) is 2.13. The minimum Gasteiger partial charge on any atom is -0.466 e. The molecule has 9 nitrogen and oxygen atoms in total. The molecule has 0 bridgehead atoms. The van der Waals surface area contributed by atoms with E-state index in [4.69, 9.17) is 4.74 Å². The van der Waals surface area contributed by atoms with Crippen molar-refractivity contribution in [1.82, 2.24) is 9.97 Å². The smallest absolute Gasteiger partial charge is 0.336 e. The Kier molecular flexibility index (Phi) is 6.27. The van der Waals surface area contributed by atoms with Crippen LogP contribution in [0.15, 0.2) is 75.8 Å². The highest BCUT2D eigenvalue weighted by Crippen LogP contribution is 2.40. The zero-order valence-electron chi connectivity index (χ0n) is 17.8. The van der Waals surface area contributed by atoms with Gasteiger partial charge in [-0.05, 0) is 18.1 Å². The molecule has 1 aliphatic rings. The standard InChI is InChI=1S/C23H20N4O5S/c1-13-17(22(29)32-2)18(15-8-10-16(11-9-15)27(30)31)19-20(24-13)25-23(26-21(19)28)33-12-14-6-4-3-5-7-14/h3-11,18H,12H2,1-2H3,(H2,24,25,26,28). The number of anilines is 1. The minimum atomic E-state index is -0.793. The molecule has 1 aromatic heterocycles. The lowest BCUT2D eigenvalue weighted by Crippen LogP contribution is -2.31. The quantitative estimate of drug-likeness (QED) is 0.184. The fourth-order valence-corrected chi connectivity index (χ4v) is 4.54. The first-order valence-electron chi connectivity index (χ1n) is 10.0. The average Bonchev–Trinajstić information content (AvgIpc) is 2.82.